The van der Waals surface area contributed by atoms with Crippen LogP contribution in [0.25, 0.3) is 0 Å². The van der Waals surface area contributed by atoms with Crippen LogP contribution in [0.1, 0.15) is 38.1 Å². The van der Waals surface area contributed by atoms with E-state index in [-0.39, 0.29) is 0 Å². The second kappa shape index (κ2) is 6.27. The lowest BCUT2D eigenvalue weighted by Gasteiger charge is -2.12. The van der Waals surface area contributed by atoms with Gasteiger partial charge in [-0.15, -0.1) is 0 Å². The second-order valence-electron chi connectivity index (χ2n) is 3.66. The molecule has 0 atom stereocenters. The number of hydrogen-bond acceptors (Lipinski definition) is 5. The van der Waals surface area contributed by atoms with Gasteiger partial charge < -0.3 is 10.2 Å². The SMILES string of the molecule is CCCOc1nc(CCC)nc(NN)c1C. The summed E-state index contributed by atoms with van der Waals surface area (Å²) in [4.78, 5) is 8.70. The molecule has 1 aromatic rings. The van der Waals surface area contributed by atoms with Crippen LogP contribution in [0.2, 0.25) is 0 Å². The van der Waals surface area contributed by atoms with Gasteiger partial charge >= 0.3 is 0 Å². The summed E-state index contributed by atoms with van der Waals surface area (Å²) in [7, 11) is 0. The van der Waals surface area contributed by atoms with Gasteiger partial charge in [0.05, 0.1) is 12.2 Å². The summed E-state index contributed by atoms with van der Waals surface area (Å²) in [5.41, 5.74) is 3.44. The quantitative estimate of drug-likeness (QED) is 0.569. The molecule has 0 radical (unpaired) electrons. The van der Waals surface area contributed by atoms with E-state index in [0.717, 1.165) is 30.7 Å². The number of aryl methyl sites for hydroxylation is 1. The molecule has 3 N–H and O–H groups in total. The Balaban J connectivity index is 2.98. The van der Waals surface area contributed by atoms with Gasteiger partial charge in [-0.2, -0.15) is 4.98 Å². The zero-order valence-electron chi connectivity index (χ0n) is 10.2. The Morgan fingerprint density at radius 3 is 2.56 bits per heavy atom. The van der Waals surface area contributed by atoms with E-state index in [2.05, 4.69) is 29.2 Å². The fourth-order valence-corrected chi connectivity index (χ4v) is 1.36. The summed E-state index contributed by atoms with van der Waals surface area (Å²) < 4.78 is 5.57. The minimum Gasteiger partial charge on any atom is -0.477 e. The zero-order chi connectivity index (χ0) is 12.0. The van der Waals surface area contributed by atoms with E-state index in [1.54, 1.807) is 0 Å². The maximum absolute atomic E-state index is 5.57. The molecule has 0 saturated carbocycles. The largest absolute Gasteiger partial charge is 0.477 e. The molecule has 0 amide bonds. The van der Waals surface area contributed by atoms with Crippen molar-refractivity contribution in [2.45, 2.75) is 40.0 Å². The average Bonchev–Trinajstić information content (AvgIpc) is 2.29. The van der Waals surface area contributed by atoms with Crippen molar-refractivity contribution >= 4 is 5.82 Å². The van der Waals surface area contributed by atoms with Crippen molar-refractivity contribution in [3.8, 4) is 5.88 Å². The summed E-state index contributed by atoms with van der Waals surface area (Å²) in [5.74, 6) is 7.46. The standard InChI is InChI=1S/C11H20N4O/c1-4-6-9-13-10(15-12)8(3)11(14-9)16-7-5-2/h4-7,12H2,1-3H3,(H,13,14,15). The highest BCUT2D eigenvalue weighted by atomic mass is 16.5. The average molecular weight is 224 g/mol. The van der Waals surface area contributed by atoms with Gasteiger partial charge in [0.15, 0.2) is 0 Å². The van der Waals surface area contributed by atoms with Crippen LogP contribution in [0.5, 0.6) is 5.88 Å². The smallest absolute Gasteiger partial charge is 0.221 e. The van der Waals surface area contributed by atoms with Gasteiger partial charge in [-0.25, -0.2) is 10.8 Å². The molecule has 1 heterocycles. The second-order valence-corrected chi connectivity index (χ2v) is 3.66. The lowest BCUT2D eigenvalue weighted by molar-refractivity contribution is 0.301. The number of hydrazine groups is 1. The number of nitrogens with two attached hydrogens (primary N) is 1. The van der Waals surface area contributed by atoms with Crippen LogP contribution in [-0.4, -0.2) is 16.6 Å². The van der Waals surface area contributed by atoms with Crippen LogP contribution in [-0.2, 0) is 6.42 Å². The van der Waals surface area contributed by atoms with Gasteiger partial charge in [-0.05, 0) is 19.8 Å². The molecule has 16 heavy (non-hydrogen) atoms. The summed E-state index contributed by atoms with van der Waals surface area (Å²) >= 11 is 0. The van der Waals surface area contributed by atoms with Crippen molar-refractivity contribution in [2.75, 3.05) is 12.0 Å². The van der Waals surface area contributed by atoms with Crippen molar-refractivity contribution in [2.24, 2.45) is 5.84 Å². The normalized spacial score (nSPS) is 10.2. The molecule has 5 heteroatoms. The number of anilines is 1. The Kier molecular flexibility index (Phi) is 4.98. The Hall–Kier alpha value is -1.36. The van der Waals surface area contributed by atoms with E-state index in [0.29, 0.717) is 18.3 Å². The highest BCUT2D eigenvalue weighted by molar-refractivity contribution is 5.47. The van der Waals surface area contributed by atoms with Crippen molar-refractivity contribution in [3.05, 3.63) is 11.4 Å². The molecule has 0 aromatic carbocycles. The summed E-state index contributed by atoms with van der Waals surface area (Å²) in [6.07, 6.45) is 2.79. The molecule has 0 aliphatic heterocycles. The molecule has 0 saturated heterocycles. The van der Waals surface area contributed by atoms with E-state index in [4.69, 9.17) is 10.6 Å². The Bertz CT molecular complexity index is 341. The number of nitrogen functional groups attached to an aromatic ring is 1. The molecule has 0 fully saturated rings. The van der Waals surface area contributed by atoms with Crippen molar-refractivity contribution in [1.29, 1.82) is 0 Å². The van der Waals surface area contributed by atoms with Gasteiger partial charge in [-0.3, -0.25) is 0 Å². The predicted molar refractivity (Wildman–Crippen MR) is 64.4 cm³/mol. The first kappa shape index (κ1) is 12.7. The molecule has 1 aromatic heterocycles. The fraction of sp³-hybridized carbons (Fsp3) is 0.636. The molecule has 90 valence electrons. The molecule has 1 rings (SSSR count). The molecule has 5 nitrogen and oxygen atoms in total. The van der Waals surface area contributed by atoms with Crippen molar-refractivity contribution < 1.29 is 4.74 Å². The zero-order valence-corrected chi connectivity index (χ0v) is 10.2. The summed E-state index contributed by atoms with van der Waals surface area (Å²) in [6.45, 7) is 6.71. The molecule has 0 unspecified atom stereocenters. The summed E-state index contributed by atoms with van der Waals surface area (Å²) in [5, 5.41) is 0. The third-order valence-corrected chi connectivity index (χ3v) is 2.20. The van der Waals surface area contributed by atoms with E-state index < -0.39 is 0 Å². The van der Waals surface area contributed by atoms with Crippen LogP contribution >= 0.6 is 0 Å². The first-order valence-corrected chi connectivity index (χ1v) is 5.69. The van der Waals surface area contributed by atoms with Crippen molar-refractivity contribution in [3.63, 3.8) is 0 Å². The molecular formula is C11H20N4O. The van der Waals surface area contributed by atoms with Gasteiger partial charge in [0.1, 0.15) is 11.6 Å². The highest BCUT2D eigenvalue weighted by Crippen LogP contribution is 2.21. The maximum Gasteiger partial charge on any atom is 0.221 e. The molecule has 0 bridgehead atoms. The van der Waals surface area contributed by atoms with Gasteiger partial charge in [0.25, 0.3) is 0 Å². The van der Waals surface area contributed by atoms with Gasteiger partial charge in [-0.1, -0.05) is 13.8 Å². The first-order valence-electron chi connectivity index (χ1n) is 5.69. The lowest BCUT2D eigenvalue weighted by Crippen LogP contribution is -2.14. The molecule has 0 aliphatic rings. The highest BCUT2D eigenvalue weighted by Gasteiger charge is 2.10. The van der Waals surface area contributed by atoms with E-state index in [9.17, 15) is 0 Å². The van der Waals surface area contributed by atoms with E-state index in [1.807, 2.05) is 6.92 Å². The number of ether oxygens (including phenoxy) is 1. The molecule has 0 aliphatic carbocycles. The van der Waals surface area contributed by atoms with Crippen LogP contribution in [0.15, 0.2) is 0 Å². The van der Waals surface area contributed by atoms with Crippen LogP contribution in [0.4, 0.5) is 5.82 Å². The number of hydrogen-bond donors (Lipinski definition) is 2. The number of nitrogens with zero attached hydrogens (tertiary/aromatic N) is 2. The summed E-state index contributed by atoms with van der Waals surface area (Å²) in [6, 6.07) is 0. The minimum atomic E-state index is 0.633. The van der Waals surface area contributed by atoms with Crippen LogP contribution in [0, 0.1) is 6.92 Å². The van der Waals surface area contributed by atoms with Crippen molar-refractivity contribution in [1.82, 2.24) is 9.97 Å². The minimum absolute atomic E-state index is 0.633. The van der Waals surface area contributed by atoms with E-state index >= 15 is 0 Å². The number of rotatable bonds is 6. The number of aromatic nitrogens is 2. The molecule has 0 spiro atoms. The lowest BCUT2D eigenvalue weighted by atomic mass is 10.3. The third kappa shape index (κ3) is 3.06. The Labute approximate surface area is 96.4 Å². The van der Waals surface area contributed by atoms with Crippen LogP contribution in [0.3, 0.4) is 0 Å². The van der Waals surface area contributed by atoms with Gasteiger partial charge in [0, 0.05) is 6.42 Å². The Morgan fingerprint density at radius 2 is 2.00 bits per heavy atom. The first-order chi connectivity index (χ1) is 7.72. The molecular weight excluding hydrogens is 204 g/mol. The monoisotopic (exact) mass is 224 g/mol. The van der Waals surface area contributed by atoms with Gasteiger partial charge in [0.2, 0.25) is 5.88 Å². The number of nitrogens with one attached hydrogen (secondary N) is 1. The topological polar surface area (TPSA) is 73.1 Å². The third-order valence-electron chi connectivity index (χ3n) is 2.20. The fourth-order valence-electron chi connectivity index (χ4n) is 1.36. The predicted octanol–water partition coefficient (Wildman–Crippen LogP) is 1.81. The Morgan fingerprint density at radius 1 is 1.25 bits per heavy atom. The van der Waals surface area contributed by atoms with Crippen LogP contribution < -0.4 is 16.0 Å². The van der Waals surface area contributed by atoms with E-state index in [1.165, 1.54) is 0 Å². The maximum atomic E-state index is 5.57.